The van der Waals surface area contributed by atoms with Gasteiger partial charge in [0.25, 0.3) is 0 Å². The van der Waals surface area contributed by atoms with Gasteiger partial charge in [-0.15, -0.1) is 0 Å². The molecule has 0 amide bonds. The van der Waals surface area contributed by atoms with Crippen LogP contribution >= 0.6 is 35.0 Å². The molecule has 0 atom stereocenters. The molecule has 26 heavy (non-hydrogen) atoms. The van der Waals surface area contributed by atoms with Crippen LogP contribution < -0.4 is 4.72 Å². The van der Waals surface area contributed by atoms with Gasteiger partial charge in [0.2, 0.25) is 10.0 Å². The SMILES string of the molecule is COC(=O)c1cccc(S(=O)(=O)NCCSCc2ccc(Cl)c(Cl)c2)c1. The molecule has 0 aliphatic heterocycles. The lowest BCUT2D eigenvalue weighted by molar-refractivity contribution is 0.0600. The van der Waals surface area contributed by atoms with Crippen LogP contribution in [0.1, 0.15) is 15.9 Å². The van der Waals surface area contributed by atoms with Gasteiger partial charge in [-0.3, -0.25) is 0 Å². The molecule has 0 aliphatic carbocycles. The summed E-state index contributed by atoms with van der Waals surface area (Å²) in [6.45, 7) is 0.261. The van der Waals surface area contributed by atoms with Gasteiger partial charge in [-0.2, -0.15) is 11.8 Å². The largest absolute Gasteiger partial charge is 0.465 e. The van der Waals surface area contributed by atoms with Gasteiger partial charge in [-0.05, 0) is 35.9 Å². The van der Waals surface area contributed by atoms with Gasteiger partial charge in [0.15, 0.2) is 0 Å². The lowest BCUT2D eigenvalue weighted by Crippen LogP contribution is -2.26. The molecule has 0 radical (unpaired) electrons. The van der Waals surface area contributed by atoms with Crippen molar-refractivity contribution in [2.24, 2.45) is 0 Å². The first-order valence-electron chi connectivity index (χ1n) is 7.53. The van der Waals surface area contributed by atoms with Crippen LogP contribution in [0.3, 0.4) is 0 Å². The van der Waals surface area contributed by atoms with E-state index in [2.05, 4.69) is 9.46 Å². The Balaban J connectivity index is 1.86. The van der Waals surface area contributed by atoms with Gasteiger partial charge >= 0.3 is 5.97 Å². The van der Waals surface area contributed by atoms with Crippen LogP contribution in [0.25, 0.3) is 0 Å². The van der Waals surface area contributed by atoms with Gasteiger partial charge in [0, 0.05) is 18.1 Å². The first kappa shape index (κ1) is 21.1. The van der Waals surface area contributed by atoms with Crippen LogP contribution in [0.2, 0.25) is 10.0 Å². The highest BCUT2D eigenvalue weighted by atomic mass is 35.5. The van der Waals surface area contributed by atoms with E-state index in [-0.39, 0.29) is 17.0 Å². The molecular weight excluding hydrogens is 417 g/mol. The predicted molar refractivity (Wildman–Crippen MR) is 106 cm³/mol. The molecule has 0 spiro atoms. The molecule has 1 N–H and O–H groups in total. The van der Waals surface area contributed by atoms with Gasteiger partial charge in [-0.25, -0.2) is 17.9 Å². The fraction of sp³-hybridized carbons (Fsp3) is 0.235. The molecule has 2 rings (SSSR count). The molecule has 0 saturated heterocycles. The second-order valence-corrected chi connectivity index (χ2v) is 8.90. The minimum atomic E-state index is -3.69. The summed E-state index contributed by atoms with van der Waals surface area (Å²) >= 11 is 13.4. The Morgan fingerprint density at radius 1 is 1.15 bits per heavy atom. The van der Waals surface area contributed by atoms with Gasteiger partial charge < -0.3 is 4.74 Å². The number of sulfonamides is 1. The van der Waals surface area contributed by atoms with Gasteiger partial charge in [0.1, 0.15) is 0 Å². The smallest absolute Gasteiger partial charge is 0.337 e. The van der Waals surface area contributed by atoms with E-state index in [1.165, 1.54) is 31.4 Å². The van der Waals surface area contributed by atoms with E-state index in [4.69, 9.17) is 23.2 Å². The Morgan fingerprint density at radius 3 is 2.62 bits per heavy atom. The van der Waals surface area contributed by atoms with Crippen LogP contribution in [-0.2, 0) is 20.5 Å². The van der Waals surface area contributed by atoms with Gasteiger partial charge in [-0.1, -0.05) is 35.3 Å². The van der Waals surface area contributed by atoms with E-state index in [0.29, 0.717) is 21.6 Å². The van der Waals surface area contributed by atoms with E-state index >= 15 is 0 Å². The van der Waals surface area contributed by atoms with Crippen LogP contribution in [0.15, 0.2) is 47.4 Å². The van der Waals surface area contributed by atoms with Gasteiger partial charge in [0.05, 0.1) is 27.6 Å². The van der Waals surface area contributed by atoms with Crippen molar-refractivity contribution in [3.05, 3.63) is 63.6 Å². The second-order valence-electron chi connectivity index (χ2n) is 5.22. The zero-order valence-electron chi connectivity index (χ0n) is 13.9. The van der Waals surface area contributed by atoms with E-state index in [1.807, 2.05) is 6.07 Å². The quantitative estimate of drug-likeness (QED) is 0.503. The summed E-state index contributed by atoms with van der Waals surface area (Å²) < 4.78 is 31.7. The van der Waals surface area contributed by atoms with E-state index in [1.54, 1.807) is 23.9 Å². The highest BCUT2D eigenvalue weighted by molar-refractivity contribution is 7.98. The van der Waals surface area contributed by atoms with Crippen LogP contribution in [-0.4, -0.2) is 33.8 Å². The van der Waals surface area contributed by atoms with E-state index in [9.17, 15) is 13.2 Å². The lowest BCUT2D eigenvalue weighted by Gasteiger charge is -2.08. The molecule has 0 aliphatic rings. The maximum absolute atomic E-state index is 12.3. The molecule has 0 bridgehead atoms. The number of ether oxygens (including phenoxy) is 1. The molecule has 0 unspecified atom stereocenters. The molecule has 5 nitrogen and oxygen atoms in total. The Bertz CT molecular complexity index is 888. The summed E-state index contributed by atoms with van der Waals surface area (Å²) in [5, 5.41) is 0.998. The Hall–Kier alpha value is -1.25. The van der Waals surface area contributed by atoms with Crippen LogP contribution in [0, 0.1) is 0 Å². The summed E-state index contributed by atoms with van der Waals surface area (Å²) in [6.07, 6.45) is 0. The standard InChI is InChI=1S/C17H17Cl2NO4S2/c1-24-17(21)13-3-2-4-14(10-13)26(22,23)20-7-8-25-11-12-5-6-15(18)16(19)9-12/h2-6,9-10,20H,7-8,11H2,1H3. The highest BCUT2D eigenvalue weighted by Gasteiger charge is 2.16. The summed E-state index contributed by atoms with van der Waals surface area (Å²) in [5.41, 5.74) is 1.20. The minimum Gasteiger partial charge on any atom is -0.465 e. The average Bonchev–Trinajstić information content (AvgIpc) is 2.63. The second kappa shape index (κ2) is 9.62. The number of methoxy groups -OCH3 is 1. The Morgan fingerprint density at radius 2 is 1.92 bits per heavy atom. The first-order chi connectivity index (χ1) is 12.3. The monoisotopic (exact) mass is 433 g/mol. The Kier molecular flexibility index (Phi) is 7.79. The molecular formula is C17H17Cl2NO4S2. The van der Waals surface area contributed by atoms with E-state index < -0.39 is 16.0 Å². The highest BCUT2D eigenvalue weighted by Crippen LogP contribution is 2.24. The summed E-state index contributed by atoms with van der Waals surface area (Å²) in [5.74, 6) is 0.686. The molecule has 2 aromatic carbocycles. The summed E-state index contributed by atoms with van der Waals surface area (Å²) in [6, 6.07) is 11.1. The number of rotatable bonds is 8. The molecule has 0 saturated carbocycles. The average molecular weight is 434 g/mol. The van der Waals surface area contributed by atoms with Crippen molar-refractivity contribution in [3.8, 4) is 0 Å². The third-order valence-corrected chi connectivity index (χ3v) is 6.58. The molecule has 0 fully saturated rings. The van der Waals surface area contributed by atoms with Crippen molar-refractivity contribution in [1.82, 2.24) is 4.72 Å². The summed E-state index contributed by atoms with van der Waals surface area (Å²) in [4.78, 5) is 11.5. The maximum Gasteiger partial charge on any atom is 0.337 e. The number of carbonyl (C=O) groups excluding carboxylic acids is 1. The van der Waals surface area contributed by atoms with Crippen LogP contribution in [0.4, 0.5) is 0 Å². The number of benzene rings is 2. The fourth-order valence-corrected chi connectivity index (χ4v) is 4.39. The van der Waals surface area contributed by atoms with E-state index in [0.717, 1.165) is 5.56 Å². The summed E-state index contributed by atoms with van der Waals surface area (Å²) in [7, 11) is -2.45. The molecule has 0 aromatic heterocycles. The third-order valence-electron chi connectivity index (χ3n) is 3.36. The molecule has 140 valence electrons. The van der Waals surface area contributed by atoms with Crippen molar-refractivity contribution in [3.63, 3.8) is 0 Å². The number of esters is 1. The number of hydrogen-bond donors (Lipinski definition) is 1. The number of carbonyl (C=O) groups is 1. The zero-order chi connectivity index (χ0) is 19.2. The zero-order valence-corrected chi connectivity index (χ0v) is 17.0. The predicted octanol–water partition coefficient (Wildman–Crippen LogP) is 3.99. The number of nitrogens with one attached hydrogen (secondary N) is 1. The van der Waals surface area contributed by atoms with Crippen molar-refractivity contribution in [2.45, 2.75) is 10.6 Å². The van der Waals surface area contributed by atoms with Crippen LogP contribution in [0.5, 0.6) is 0 Å². The minimum absolute atomic E-state index is 0.0230. The number of thioether (sulfide) groups is 1. The van der Waals surface area contributed by atoms with Crippen molar-refractivity contribution >= 4 is 51.0 Å². The normalized spacial score (nSPS) is 11.3. The van der Waals surface area contributed by atoms with Crippen molar-refractivity contribution in [1.29, 1.82) is 0 Å². The lowest BCUT2D eigenvalue weighted by atomic mass is 10.2. The number of hydrogen-bond acceptors (Lipinski definition) is 5. The number of halogens is 2. The third kappa shape index (κ3) is 5.89. The topological polar surface area (TPSA) is 72.5 Å². The fourth-order valence-electron chi connectivity index (χ4n) is 2.06. The molecule has 2 aromatic rings. The maximum atomic E-state index is 12.3. The first-order valence-corrected chi connectivity index (χ1v) is 10.9. The van der Waals surface area contributed by atoms with Crippen molar-refractivity contribution < 1.29 is 17.9 Å². The molecule has 9 heteroatoms. The van der Waals surface area contributed by atoms with Crippen molar-refractivity contribution in [2.75, 3.05) is 19.4 Å². The molecule has 0 heterocycles. The Labute approximate surface area is 167 Å².